The second kappa shape index (κ2) is 5.27. The predicted molar refractivity (Wildman–Crippen MR) is 90.5 cm³/mol. The van der Waals surface area contributed by atoms with Gasteiger partial charge in [-0.2, -0.15) is 0 Å². The maximum atomic E-state index is 12.8. The van der Waals surface area contributed by atoms with Gasteiger partial charge in [-0.15, -0.1) is 0 Å². The average Bonchev–Trinajstić information content (AvgIpc) is 3.31. The van der Waals surface area contributed by atoms with Crippen LogP contribution in [0.1, 0.15) is 18.4 Å². The van der Waals surface area contributed by atoms with E-state index in [1.54, 1.807) is 12.0 Å². The Labute approximate surface area is 136 Å². The highest BCUT2D eigenvalue weighted by Gasteiger charge is 2.56. The van der Waals surface area contributed by atoms with Gasteiger partial charge in [0.25, 0.3) is 0 Å². The summed E-state index contributed by atoms with van der Waals surface area (Å²) >= 11 is 0. The molecule has 0 saturated heterocycles. The molecule has 116 valence electrons. The van der Waals surface area contributed by atoms with Gasteiger partial charge >= 0.3 is 0 Å². The Kier molecular flexibility index (Phi) is 3.22. The molecule has 0 aromatic heterocycles. The van der Waals surface area contributed by atoms with Crippen molar-refractivity contribution in [2.45, 2.75) is 18.3 Å². The van der Waals surface area contributed by atoms with Crippen molar-refractivity contribution in [2.75, 3.05) is 12.0 Å². The van der Waals surface area contributed by atoms with Crippen LogP contribution in [0.5, 0.6) is 5.75 Å². The topological polar surface area (TPSA) is 29.5 Å². The molecule has 1 aliphatic heterocycles. The lowest BCUT2D eigenvalue weighted by Crippen LogP contribution is -2.28. The Morgan fingerprint density at radius 2 is 1.83 bits per heavy atom. The minimum absolute atomic E-state index is 0.00391. The third-order valence-electron chi connectivity index (χ3n) is 5.04. The van der Waals surface area contributed by atoms with Crippen molar-refractivity contribution < 1.29 is 9.53 Å². The summed E-state index contributed by atoms with van der Waals surface area (Å²) in [4.78, 5) is 14.6. The molecule has 2 unspecified atom stereocenters. The number of fused-ring (bicyclic) bond motifs is 1. The van der Waals surface area contributed by atoms with Gasteiger partial charge in [-0.1, -0.05) is 36.4 Å². The molecule has 3 heteroatoms. The summed E-state index contributed by atoms with van der Waals surface area (Å²) in [7, 11) is 1.64. The molecule has 0 N–H and O–H groups in total. The number of carbonyl (C=O) groups is 1. The lowest BCUT2D eigenvalue weighted by Gasteiger charge is -2.21. The average molecular weight is 305 g/mol. The molecule has 1 aliphatic carbocycles. The van der Waals surface area contributed by atoms with E-state index in [2.05, 4.69) is 30.3 Å². The number of nitrogens with zero attached hydrogens (tertiary/aromatic N) is 1. The molecule has 0 radical (unpaired) electrons. The molecule has 4 rings (SSSR count). The zero-order valence-corrected chi connectivity index (χ0v) is 13.1. The number of hydrogen-bond acceptors (Lipinski definition) is 2. The fourth-order valence-corrected chi connectivity index (χ4v) is 3.59. The summed E-state index contributed by atoms with van der Waals surface area (Å²) in [5, 5.41) is 0. The molecule has 0 spiro atoms. The Morgan fingerprint density at radius 3 is 2.52 bits per heavy atom. The molecule has 1 amide bonds. The molecule has 23 heavy (non-hydrogen) atoms. The van der Waals surface area contributed by atoms with Crippen molar-refractivity contribution in [1.82, 2.24) is 0 Å². The van der Waals surface area contributed by atoms with E-state index in [9.17, 15) is 4.79 Å². The molecule has 0 bridgehead atoms. The first-order valence-corrected chi connectivity index (χ1v) is 7.93. The van der Waals surface area contributed by atoms with Gasteiger partial charge in [0.05, 0.1) is 7.11 Å². The molecular weight excluding hydrogens is 286 g/mol. The fourth-order valence-electron chi connectivity index (χ4n) is 3.59. The summed E-state index contributed by atoms with van der Waals surface area (Å²) in [5.41, 5.74) is 2.16. The summed E-state index contributed by atoms with van der Waals surface area (Å²) in [5.74, 6) is 1.40. The quantitative estimate of drug-likeness (QED) is 0.860. The summed E-state index contributed by atoms with van der Waals surface area (Å²) in [6.07, 6.45) is 5.74. The number of rotatable bonds is 3. The van der Waals surface area contributed by atoms with E-state index >= 15 is 0 Å². The van der Waals surface area contributed by atoms with E-state index in [1.165, 1.54) is 5.56 Å². The molecule has 3 nitrogen and oxygen atoms in total. The van der Waals surface area contributed by atoms with Gasteiger partial charge in [-0.05, 0) is 42.2 Å². The molecule has 2 aromatic rings. The zero-order chi connectivity index (χ0) is 15.9. The second-order valence-corrected chi connectivity index (χ2v) is 6.31. The van der Waals surface area contributed by atoms with E-state index in [-0.39, 0.29) is 11.3 Å². The van der Waals surface area contributed by atoms with Crippen LogP contribution in [0.25, 0.3) is 0 Å². The third kappa shape index (κ3) is 2.33. The van der Waals surface area contributed by atoms with Crippen LogP contribution in [0.4, 0.5) is 5.69 Å². The van der Waals surface area contributed by atoms with Crippen LogP contribution in [0, 0.1) is 5.92 Å². The minimum atomic E-state index is -0.00391. The van der Waals surface area contributed by atoms with Gasteiger partial charge in [0.15, 0.2) is 0 Å². The van der Waals surface area contributed by atoms with Gasteiger partial charge < -0.3 is 4.74 Å². The number of anilines is 1. The molecule has 2 aromatic carbocycles. The SMILES string of the molecule is COc1ccc(N2C=CC3CC3(c3ccccc3)CC2=O)cc1. The standard InChI is InChI=1S/C20H19NO2/c1-23-18-9-7-17(8-10-18)21-12-11-16-13-20(16,14-19(21)22)15-5-3-2-4-6-15/h2-12,16H,13-14H2,1H3. The fraction of sp³-hybridized carbons (Fsp3) is 0.250. The highest BCUT2D eigenvalue weighted by Crippen LogP contribution is 2.58. The minimum Gasteiger partial charge on any atom is -0.497 e. The van der Waals surface area contributed by atoms with Crippen molar-refractivity contribution in [2.24, 2.45) is 5.92 Å². The van der Waals surface area contributed by atoms with Gasteiger partial charge in [-0.3, -0.25) is 9.69 Å². The number of methoxy groups -OCH3 is 1. The zero-order valence-electron chi connectivity index (χ0n) is 13.1. The Balaban J connectivity index is 1.62. The van der Waals surface area contributed by atoms with Crippen LogP contribution in [-0.4, -0.2) is 13.0 Å². The van der Waals surface area contributed by atoms with E-state index in [0.29, 0.717) is 12.3 Å². The highest BCUT2D eigenvalue weighted by atomic mass is 16.5. The van der Waals surface area contributed by atoms with Crippen LogP contribution >= 0.6 is 0 Å². The Morgan fingerprint density at radius 1 is 1.09 bits per heavy atom. The summed E-state index contributed by atoms with van der Waals surface area (Å²) in [6, 6.07) is 18.0. The first-order chi connectivity index (χ1) is 11.2. The maximum absolute atomic E-state index is 12.8. The maximum Gasteiger partial charge on any atom is 0.231 e. The van der Waals surface area contributed by atoms with Gasteiger partial charge in [0, 0.05) is 23.7 Å². The van der Waals surface area contributed by atoms with Crippen molar-refractivity contribution >= 4 is 11.6 Å². The van der Waals surface area contributed by atoms with Crippen LogP contribution in [0.2, 0.25) is 0 Å². The highest BCUT2D eigenvalue weighted by molar-refractivity contribution is 5.97. The monoisotopic (exact) mass is 305 g/mol. The van der Waals surface area contributed by atoms with E-state index in [0.717, 1.165) is 17.9 Å². The molecule has 1 fully saturated rings. The van der Waals surface area contributed by atoms with Crippen molar-refractivity contribution in [3.05, 3.63) is 72.4 Å². The number of benzene rings is 2. The third-order valence-corrected chi connectivity index (χ3v) is 5.04. The largest absolute Gasteiger partial charge is 0.497 e. The first kappa shape index (κ1) is 14.1. The van der Waals surface area contributed by atoms with E-state index < -0.39 is 0 Å². The lowest BCUT2D eigenvalue weighted by atomic mass is 9.89. The summed E-state index contributed by atoms with van der Waals surface area (Å²) in [6.45, 7) is 0. The van der Waals surface area contributed by atoms with Crippen LogP contribution in [-0.2, 0) is 10.2 Å². The Bertz CT molecular complexity index is 751. The summed E-state index contributed by atoms with van der Waals surface area (Å²) < 4.78 is 5.18. The van der Waals surface area contributed by atoms with Crippen LogP contribution < -0.4 is 9.64 Å². The van der Waals surface area contributed by atoms with Crippen LogP contribution in [0.3, 0.4) is 0 Å². The molecule has 1 heterocycles. The second-order valence-electron chi connectivity index (χ2n) is 6.31. The van der Waals surface area contributed by atoms with Gasteiger partial charge in [0.1, 0.15) is 5.75 Å². The lowest BCUT2D eigenvalue weighted by molar-refractivity contribution is -0.118. The number of ether oxygens (including phenoxy) is 1. The number of amides is 1. The van der Waals surface area contributed by atoms with Gasteiger partial charge in [0.2, 0.25) is 5.91 Å². The molecule has 2 atom stereocenters. The molecular formula is C20H19NO2. The number of hydrogen-bond donors (Lipinski definition) is 0. The number of allylic oxidation sites excluding steroid dienone is 1. The normalized spacial score (nSPS) is 25.7. The Hall–Kier alpha value is -2.55. The van der Waals surface area contributed by atoms with E-state index in [4.69, 9.17) is 4.74 Å². The number of carbonyl (C=O) groups excluding carboxylic acids is 1. The van der Waals surface area contributed by atoms with Crippen molar-refractivity contribution in [3.63, 3.8) is 0 Å². The van der Waals surface area contributed by atoms with Crippen molar-refractivity contribution in [1.29, 1.82) is 0 Å². The molecule has 2 aliphatic rings. The van der Waals surface area contributed by atoms with Gasteiger partial charge in [-0.25, -0.2) is 0 Å². The smallest absolute Gasteiger partial charge is 0.231 e. The first-order valence-electron chi connectivity index (χ1n) is 7.93. The molecule has 1 saturated carbocycles. The van der Waals surface area contributed by atoms with Crippen LogP contribution in [0.15, 0.2) is 66.9 Å². The predicted octanol–water partition coefficient (Wildman–Crippen LogP) is 3.90. The van der Waals surface area contributed by atoms with Crippen molar-refractivity contribution in [3.8, 4) is 5.75 Å². The van der Waals surface area contributed by atoms with E-state index in [1.807, 2.05) is 36.5 Å².